The van der Waals surface area contributed by atoms with Gasteiger partial charge in [-0.15, -0.1) is 11.3 Å². The summed E-state index contributed by atoms with van der Waals surface area (Å²) in [6.07, 6.45) is 2.85. The van der Waals surface area contributed by atoms with Crippen LogP contribution in [0.3, 0.4) is 0 Å². The largest absolute Gasteiger partial charge is 0.478 e. The zero-order valence-electron chi connectivity index (χ0n) is 11.2. The number of rotatable bonds is 5. The van der Waals surface area contributed by atoms with E-state index in [9.17, 15) is 4.79 Å². The highest BCUT2D eigenvalue weighted by atomic mass is 32.1. The highest BCUT2D eigenvalue weighted by Gasteiger charge is 2.15. The predicted molar refractivity (Wildman–Crippen MR) is 78.4 cm³/mol. The molecule has 0 aliphatic carbocycles. The number of carboxylic acids is 1. The van der Waals surface area contributed by atoms with Crippen molar-refractivity contribution in [3.8, 4) is 0 Å². The number of likely N-dealkylation sites (N-methyl/N-ethyl adjacent to an activating group) is 1. The Morgan fingerprint density at radius 3 is 2.63 bits per heavy atom. The van der Waals surface area contributed by atoms with E-state index in [-0.39, 0.29) is 0 Å². The Labute approximate surface area is 118 Å². The molecule has 0 amide bonds. The van der Waals surface area contributed by atoms with Crippen molar-refractivity contribution in [2.24, 2.45) is 0 Å². The van der Waals surface area contributed by atoms with Crippen LogP contribution in [0.2, 0.25) is 0 Å². The number of hydrogen-bond acceptors (Lipinski definition) is 4. The third kappa shape index (κ3) is 4.45. The number of hydrogen-bond donors (Lipinski definition) is 1. The van der Waals surface area contributed by atoms with Crippen LogP contribution in [0.5, 0.6) is 0 Å². The molecule has 2 heterocycles. The smallest absolute Gasteiger partial charge is 0.328 e. The number of thiophene rings is 1. The fraction of sp³-hybridized carbons (Fsp3) is 0.500. The van der Waals surface area contributed by atoms with Crippen molar-refractivity contribution in [3.63, 3.8) is 0 Å². The van der Waals surface area contributed by atoms with Crippen LogP contribution in [0, 0.1) is 0 Å². The van der Waals surface area contributed by atoms with Gasteiger partial charge in [0.25, 0.3) is 0 Å². The molecule has 104 valence electrons. The van der Waals surface area contributed by atoms with Gasteiger partial charge in [-0.25, -0.2) is 4.79 Å². The molecular weight excluding hydrogens is 260 g/mol. The van der Waals surface area contributed by atoms with E-state index in [1.165, 1.54) is 11.0 Å². The minimum absolute atomic E-state index is 0.898. The molecule has 0 unspecified atom stereocenters. The first-order valence-electron chi connectivity index (χ1n) is 6.62. The van der Waals surface area contributed by atoms with Crippen LogP contribution < -0.4 is 0 Å². The van der Waals surface area contributed by atoms with Gasteiger partial charge in [0, 0.05) is 48.6 Å². The lowest BCUT2D eigenvalue weighted by Gasteiger charge is -2.33. The van der Waals surface area contributed by atoms with Gasteiger partial charge in [0.1, 0.15) is 0 Å². The number of nitrogens with zero attached hydrogens (tertiary/aromatic N) is 2. The van der Waals surface area contributed by atoms with E-state index >= 15 is 0 Å². The second-order valence-electron chi connectivity index (χ2n) is 4.69. The molecule has 0 radical (unpaired) electrons. The van der Waals surface area contributed by atoms with Crippen LogP contribution in [-0.4, -0.2) is 53.6 Å². The van der Waals surface area contributed by atoms with Crippen molar-refractivity contribution in [1.82, 2.24) is 9.80 Å². The summed E-state index contributed by atoms with van der Waals surface area (Å²) in [6, 6.07) is 4.08. The van der Waals surface area contributed by atoms with Crippen molar-refractivity contribution < 1.29 is 9.90 Å². The molecule has 0 saturated carbocycles. The van der Waals surface area contributed by atoms with E-state index < -0.39 is 5.97 Å². The molecule has 2 rings (SSSR count). The number of carboxylic acid groups (broad SMARTS) is 1. The lowest BCUT2D eigenvalue weighted by molar-refractivity contribution is -0.131. The van der Waals surface area contributed by atoms with Gasteiger partial charge >= 0.3 is 5.97 Å². The number of carbonyl (C=O) groups is 1. The maximum absolute atomic E-state index is 10.5. The van der Waals surface area contributed by atoms with E-state index in [4.69, 9.17) is 5.11 Å². The third-order valence-corrected chi connectivity index (χ3v) is 4.40. The molecule has 1 N–H and O–H groups in total. The summed E-state index contributed by atoms with van der Waals surface area (Å²) in [5.74, 6) is -0.898. The van der Waals surface area contributed by atoms with E-state index in [1.54, 1.807) is 17.4 Å². The Hall–Kier alpha value is -1.17. The van der Waals surface area contributed by atoms with Gasteiger partial charge in [-0.2, -0.15) is 0 Å². The maximum atomic E-state index is 10.5. The maximum Gasteiger partial charge on any atom is 0.328 e. The van der Waals surface area contributed by atoms with Gasteiger partial charge in [0.05, 0.1) is 0 Å². The minimum Gasteiger partial charge on any atom is -0.478 e. The minimum atomic E-state index is -0.898. The summed E-state index contributed by atoms with van der Waals surface area (Å²) < 4.78 is 0. The third-order valence-electron chi connectivity index (χ3n) is 3.36. The Morgan fingerprint density at radius 1 is 1.32 bits per heavy atom. The van der Waals surface area contributed by atoms with E-state index in [1.807, 2.05) is 6.07 Å². The Morgan fingerprint density at radius 2 is 2.00 bits per heavy atom. The van der Waals surface area contributed by atoms with Crippen LogP contribution in [0.15, 0.2) is 18.2 Å². The molecule has 1 aliphatic heterocycles. The Kier molecular flexibility index (Phi) is 5.13. The van der Waals surface area contributed by atoms with Crippen molar-refractivity contribution in [2.75, 3.05) is 32.7 Å². The summed E-state index contributed by atoms with van der Waals surface area (Å²) >= 11 is 1.67. The molecule has 0 aromatic carbocycles. The molecule has 1 fully saturated rings. The molecule has 1 aromatic heterocycles. The summed E-state index contributed by atoms with van der Waals surface area (Å²) in [7, 11) is 0. The zero-order valence-corrected chi connectivity index (χ0v) is 12.0. The Balaban J connectivity index is 1.85. The molecule has 0 spiro atoms. The zero-order chi connectivity index (χ0) is 13.7. The summed E-state index contributed by atoms with van der Waals surface area (Å²) in [5.41, 5.74) is 0. The summed E-state index contributed by atoms with van der Waals surface area (Å²) in [5, 5.41) is 8.60. The standard InChI is InChI=1S/C14H20N2O2S/c1-2-15-7-9-16(10-8-15)11-13-4-3-12(19-13)5-6-14(17)18/h3-6H,2,7-11H2,1H3,(H,17,18). The van der Waals surface area contributed by atoms with Gasteiger partial charge in [-0.1, -0.05) is 6.92 Å². The quantitative estimate of drug-likeness (QED) is 0.838. The second-order valence-corrected chi connectivity index (χ2v) is 5.89. The highest BCUT2D eigenvalue weighted by molar-refractivity contribution is 7.12. The van der Waals surface area contributed by atoms with Crippen LogP contribution in [0.1, 0.15) is 16.7 Å². The highest BCUT2D eigenvalue weighted by Crippen LogP contribution is 2.20. The van der Waals surface area contributed by atoms with Crippen molar-refractivity contribution in [2.45, 2.75) is 13.5 Å². The summed E-state index contributed by atoms with van der Waals surface area (Å²) in [4.78, 5) is 17.7. The molecule has 1 saturated heterocycles. The molecule has 0 atom stereocenters. The molecule has 1 aliphatic rings. The van der Waals surface area contributed by atoms with Gasteiger partial charge in [0.15, 0.2) is 0 Å². The van der Waals surface area contributed by atoms with Gasteiger partial charge in [0.2, 0.25) is 0 Å². The molecule has 5 heteroatoms. The van der Waals surface area contributed by atoms with Gasteiger partial charge < -0.3 is 10.0 Å². The topological polar surface area (TPSA) is 43.8 Å². The Bertz CT molecular complexity index is 448. The van der Waals surface area contributed by atoms with Gasteiger partial charge in [-0.05, 0) is 24.8 Å². The monoisotopic (exact) mass is 280 g/mol. The number of aliphatic carboxylic acids is 1. The average Bonchev–Trinajstić information content (AvgIpc) is 2.85. The van der Waals surface area contributed by atoms with Crippen LogP contribution >= 0.6 is 11.3 Å². The lowest BCUT2D eigenvalue weighted by Crippen LogP contribution is -2.45. The van der Waals surface area contributed by atoms with Gasteiger partial charge in [-0.3, -0.25) is 4.90 Å². The van der Waals surface area contributed by atoms with Crippen molar-refractivity contribution in [1.29, 1.82) is 0 Å². The van der Waals surface area contributed by atoms with Crippen LogP contribution in [-0.2, 0) is 11.3 Å². The first-order valence-corrected chi connectivity index (χ1v) is 7.43. The molecule has 0 bridgehead atoms. The van der Waals surface area contributed by atoms with Crippen LogP contribution in [0.4, 0.5) is 0 Å². The van der Waals surface area contributed by atoms with E-state index in [0.29, 0.717) is 0 Å². The second kappa shape index (κ2) is 6.84. The fourth-order valence-electron chi connectivity index (χ4n) is 2.21. The fourth-order valence-corrected chi connectivity index (χ4v) is 3.16. The predicted octanol–water partition coefficient (Wildman–Crippen LogP) is 1.98. The number of piperazine rings is 1. The summed E-state index contributed by atoms with van der Waals surface area (Å²) in [6.45, 7) is 8.84. The van der Waals surface area contributed by atoms with Crippen molar-refractivity contribution >= 4 is 23.4 Å². The molecule has 1 aromatic rings. The van der Waals surface area contributed by atoms with Crippen molar-refractivity contribution in [3.05, 3.63) is 28.0 Å². The first-order chi connectivity index (χ1) is 9.17. The molecule has 4 nitrogen and oxygen atoms in total. The molecule has 19 heavy (non-hydrogen) atoms. The van der Waals surface area contributed by atoms with E-state index in [2.05, 4.69) is 22.8 Å². The first kappa shape index (κ1) is 14.2. The van der Waals surface area contributed by atoms with E-state index in [0.717, 1.165) is 44.1 Å². The van der Waals surface area contributed by atoms with Crippen LogP contribution in [0.25, 0.3) is 6.08 Å². The average molecular weight is 280 g/mol. The lowest BCUT2D eigenvalue weighted by atomic mass is 10.3. The normalized spacial score (nSPS) is 18.2. The SMILES string of the molecule is CCN1CCN(Cc2ccc(C=CC(=O)O)s2)CC1. The molecular formula is C14H20N2O2S.